The third kappa shape index (κ3) is 2.64. The first kappa shape index (κ1) is 13.4. The highest BCUT2D eigenvalue weighted by atomic mass is 79.9. The molecule has 0 bridgehead atoms. The Kier molecular flexibility index (Phi) is 3.40. The maximum absolute atomic E-state index is 11.0. The minimum absolute atomic E-state index is 0.123. The molecule has 3 N–H and O–H groups in total. The Labute approximate surface area is 125 Å². The smallest absolute Gasteiger partial charge is 0.305 e. The Bertz CT molecular complexity index is 668. The lowest BCUT2D eigenvalue weighted by atomic mass is 9.88. The fraction of sp³-hybridized carbons (Fsp3) is 0.267. The molecule has 0 atom stereocenters. The monoisotopic (exact) mass is 334 g/mol. The van der Waals surface area contributed by atoms with E-state index in [2.05, 4.69) is 38.7 Å². The Morgan fingerprint density at radius 1 is 1.25 bits per heavy atom. The molecule has 1 heterocycles. The standard InChI is InChI=1S/C15H15BrN2O2/c16-12-3-1-11-6-13(4-2-10(11)5-12)18-15(7-14(19)20)8-17-9-15/h1-6,17-18H,7-9H2,(H,19,20). The van der Waals surface area contributed by atoms with Crippen LogP contribution in [0.15, 0.2) is 40.9 Å². The number of fused-ring (bicyclic) bond motifs is 1. The quantitative estimate of drug-likeness (QED) is 0.804. The van der Waals surface area contributed by atoms with Crippen molar-refractivity contribution in [3.63, 3.8) is 0 Å². The van der Waals surface area contributed by atoms with E-state index in [4.69, 9.17) is 5.11 Å². The molecule has 5 heteroatoms. The van der Waals surface area contributed by atoms with Crippen molar-refractivity contribution in [2.24, 2.45) is 0 Å². The van der Waals surface area contributed by atoms with E-state index < -0.39 is 5.97 Å². The average molecular weight is 335 g/mol. The minimum atomic E-state index is -0.774. The van der Waals surface area contributed by atoms with Crippen molar-refractivity contribution in [2.45, 2.75) is 12.0 Å². The molecule has 4 nitrogen and oxygen atoms in total. The van der Waals surface area contributed by atoms with Gasteiger partial charge in [0.05, 0.1) is 12.0 Å². The highest BCUT2D eigenvalue weighted by molar-refractivity contribution is 9.10. The van der Waals surface area contributed by atoms with Crippen LogP contribution in [0.4, 0.5) is 5.69 Å². The molecule has 1 fully saturated rings. The predicted molar refractivity (Wildman–Crippen MR) is 83.1 cm³/mol. The van der Waals surface area contributed by atoms with Crippen LogP contribution >= 0.6 is 15.9 Å². The average Bonchev–Trinajstić information content (AvgIpc) is 2.36. The second-order valence-electron chi connectivity index (χ2n) is 5.29. The molecule has 0 aromatic heterocycles. The van der Waals surface area contributed by atoms with Gasteiger partial charge in [0.1, 0.15) is 0 Å². The Morgan fingerprint density at radius 3 is 2.60 bits per heavy atom. The van der Waals surface area contributed by atoms with Gasteiger partial charge >= 0.3 is 5.97 Å². The molecular formula is C15H15BrN2O2. The summed E-state index contributed by atoms with van der Waals surface area (Å²) in [5, 5.41) is 17.8. The van der Waals surface area contributed by atoms with Crippen molar-refractivity contribution >= 4 is 38.4 Å². The number of benzene rings is 2. The minimum Gasteiger partial charge on any atom is -0.481 e. The van der Waals surface area contributed by atoms with Crippen LogP contribution in [0.5, 0.6) is 0 Å². The van der Waals surface area contributed by atoms with Gasteiger partial charge in [0, 0.05) is 23.2 Å². The highest BCUT2D eigenvalue weighted by Crippen LogP contribution is 2.27. The van der Waals surface area contributed by atoms with Gasteiger partial charge in [-0.2, -0.15) is 0 Å². The zero-order chi connectivity index (χ0) is 14.2. The lowest BCUT2D eigenvalue weighted by molar-refractivity contribution is -0.138. The van der Waals surface area contributed by atoms with Crippen LogP contribution in [0.1, 0.15) is 6.42 Å². The number of carboxylic acid groups (broad SMARTS) is 1. The fourth-order valence-electron chi connectivity index (χ4n) is 2.57. The third-order valence-electron chi connectivity index (χ3n) is 3.63. The van der Waals surface area contributed by atoms with Crippen molar-refractivity contribution in [2.75, 3.05) is 18.4 Å². The van der Waals surface area contributed by atoms with Crippen LogP contribution in [0.3, 0.4) is 0 Å². The lowest BCUT2D eigenvalue weighted by Crippen LogP contribution is -2.65. The number of aliphatic carboxylic acids is 1. The number of hydrogen-bond donors (Lipinski definition) is 3. The molecule has 3 rings (SSSR count). The summed E-state index contributed by atoms with van der Waals surface area (Å²) in [5.41, 5.74) is 0.595. The summed E-state index contributed by atoms with van der Waals surface area (Å²) in [7, 11) is 0. The number of hydrogen-bond acceptors (Lipinski definition) is 3. The van der Waals surface area contributed by atoms with E-state index in [0.717, 1.165) is 20.9 Å². The predicted octanol–water partition coefficient (Wildman–Crippen LogP) is 2.83. The first-order valence-corrected chi connectivity index (χ1v) is 7.26. The molecular weight excluding hydrogens is 320 g/mol. The summed E-state index contributed by atoms with van der Waals surface area (Å²) in [5.74, 6) is -0.774. The molecule has 1 aliphatic heterocycles. The molecule has 2 aromatic carbocycles. The summed E-state index contributed by atoms with van der Waals surface area (Å²) >= 11 is 3.46. The second-order valence-corrected chi connectivity index (χ2v) is 6.20. The fourth-order valence-corrected chi connectivity index (χ4v) is 2.95. The summed E-state index contributed by atoms with van der Waals surface area (Å²) in [6.45, 7) is 1.36. The first-order chi connectivity index (χ1) is 9.56. The van der Waals surface area contributed by atoms with Crippen LogP contribution in [-0.4, -0.2) is 29.7 Å². The number of carbonyl (C=O) groups is 1. The van der Waals surface area contributed by atoms with Gasteiger partial charge in [-0.1, -0.05) is 28.1 Å². The van der Waals surface area contributed by atoms with Crippen LogP contribution in [-0.2, 0) is 4.79 Å². The number of halogens is 1. The Balaban J connectivity index is 1.87. The molecule has 0 aliphatic carbocycles. The number of rotatable bonds is 4. The maximum Gasteiger partial charge on any atom is 0.305 e. The lowest BCUT2D eigenvalue weighted by Gasteiger charge is -2.43. The molecule has 0 radical (unpaired) electrons. The molecule has 0 unspecified atom stereocenters. The van der Waals surface area contributed by atoms with Crippen LogP contribution in [0.25, 0.3) is 10.8 Å². The molecule has 20 heavy (non-hydrogen) atoms. The van der Waals surface area contributed by atoms with Gasteiger partial charge in [-0.25, -0.2) is 0 Å². The number of carboxylic acids is 1. The van der Waals surface area contributed by atoms with Gasteiger partial charge < -0.3 is 15.7 Å². The van der Waals surface area contributed by atoms with Crippen molar-refractivity contribution in [3.8, 4) is 0 Å². The van der Waals surface area contributed by atoms with Crippen LogP contribution in [0, 0.1) is 0 Å². The van der Waals surface area contributed by atoms with Crippen molar-refractivity contribution in [3.05, 3.63) is 40.9 Å². The van der Waals surface area contributed by atoms with Gasteiger partial charge in [-0.15, -0.1) is 0 Å². The first-order valence-electron chi connectivity index (χ1n) is 6.46. The van der Waals surface area contributed by atoms with Gasteiger partial charge in [-0.3, -0.25) is 4.79 Å². The van der Waals surface area contributed by atoms with E-state index >= 15 is 0 Å². The largest absolute Gasteiger partial charge is 0.481 e. The molecule has 0 amide bonds. The Hall–Kier alpha value is -1.59. The number of nitrogens with one attached hydrogen (secondary N) is 2. The van der Waals surface area contributed by atoms with Gasteiger partial charge in [-0.05, 0) is 35.0 Å². The van der Waals surface area contributed by atoms with E-state index in [0.29, 0.717) is 13.1 Å². The van der Waals surface area contributed by atoms with E-state index in [1.807, 2.05) is 24.3 Å². The third-order valence-corrected chi connectivity index (χ3v) is 4.12. The van der Waals surface area contributed by atoms with E-state index in [1.54, 1.807) is 0 Å². The second kappa shape index (κ2) is 5.07. The van der Waals surface area contributed by atoms with E-state index in [-0.39, 0.29) is 12.0 Å². The molecule has 0 saturated carbocycles. The van der Waals surface area contributed by atoms with Crippen LogP contribution in [0.2, 0.25) is 0 Å². The van der Waals surface area contributed by atoms with Crippen molar-refractivity contribution in [1.82, 2.24) is 5.32 Å². The molecule has 104 valence electrons. The molecule has 2 aromatic rings. The van der Waals surface area contributed by atoms with E-state index in [9.17, 15) is 4.79 Å². The Morgan fingerprint density at radius 2 is 1.95 bits per heavy atom. The molecule has 1 saturated heterocycles. The van der Waals surface area contributed by atoms with Gasteiger partial charge in [0.2, 0.25) is 0 Å². The summed E-state index contributed by atoms with van der Waals surface area (Å²) < 4.78 is 1.05. The number of anilines is 1. The van der Waals surface area contributed by atoms with Crippen molar-refractivity contribution < 1.29 is 9.90 Å². The summed E-state index contributed by atoms with van der Waals surface area (Å²) in [6, 6.07) is 12.2. The normalized spacial score (nSPS) is 16.6. The van der Waals surface area contributed by atoms with Gasteiger partial charge in [0.15, 0.2) is 0 Å². The van der Waals surface area contributed by atoms with Crippen LogP contribution < -0.4 is 10.6 Å². The highest BCUT2D eigenvalue weighted by Gasteiger charge is 2.38. The maximum atomic E-state index is 11.0. The molecule has 0 spiro atoms. The zero-order valence-corrected chi connectivity index (χ0v) is 12.4. The molecule has 1 aliphatic rings. The van der Waals surface area contributed by atoms with Crippen molar-refractivity contribution in [1.29, 1.82) is 0 Å². The van der Waals surface area contributed by atoms with Gasteiger partial charge in [0.25, 0.3) is 0 Å². The summed E-state index contributed by atoms with van der Waals surface area (Å²) in [4.78, 5) is 11.0. The zero-order valence-electron chi connectivity index (χ0n) is 10.8. The topological polar surface area (TPSA) is 61.4 Å². The van der Waals surface area contributed by atoms with E-state index in [1.165, 1.54) is 0 Å². The SMILES string of the molecule is O=C(O)CC1(Nc2ccc3cc(Br)ccc3c2)CNC1. The summed E-state index contributed by atoms with van der Waals surface area (Å²) in [6.07, 6.45) is 0.123.